The minimum Gasteiger partial charge on any atom is -0.496 e. The van der Waals surface area contributed by atoms with E-state index in [1.807, 2.05) is 0 Å². The summed E-state index contributed by atoms with van der Waals surface area (Å²) in [4.78, 5) is 4.44. The fraction of sp³-hybridized carbons (Fsp3) is 0.154. The van der Waals surface area contributed by atoms with Gasteiger partial charge < -0.3 is 10.5 Å². The molecule has 1 heterocycles. The van der Waals surface area contributed by atoms with E-state index in [0.29, 0.717) is 21.4 Å². The summed E-state index contributed by atoms with van der Waals surface area (Å²) in [7, 11) is 0.296. The number of anilines is 1. The summed E-state index contributed by atoms with van der Waals surface area (Å²) in [6.45, 7) is 0. The molecule has 4 nitrogen and oxygen atoms in total. The van der Waals surface area contributed by atoms with Crippen molar-refractivity contribution in [2.45, 2.75) is 10.6 Å². The second-order valence-electron chi connectivity index (χ2n) is 3.86. The van der Waals surface area contributed by atoms with Crippen LogP contribution in [-0.4, -0.2) is 16.3 Å². The van der Waals surface area contributed by atoms with Gasteiger partial charge in [0.05, 0.1) is 40.4 Å². The van der Waals surface area contributed by atoms with E-state index in [0.717, 1.165) is 5.56 Å². The molecule has 19 heavy (non-hydrogen) atoms. The molecule has 0 aliphatic carbocycles. The van der Waals surface area contributed by atoms with Gasteiger partial charge in [-0.3, -0.25) is 9.19 Å². The van der Waals surface area contributed by atoms with Crippen LogP contribution in [-0.2, 0) is 16.6 Å². The summed E-state index contributed by atoms with van der Waals surface area (Å²) in [5.74, 6) is 0.947. The molecule has 0 aliphatic heterocycles. The van der Waals surface area contributed by atoms with Gasteiger partial charge in [-0.15, -0.1) is 0 Å². The number of ether oxygens (including phenoxy) is 1. The number of pyridine rings is 1. The first-order valence-corrected chi connectivity index (χ1v) is 7.22. The van der Waals surface area contributed by atoms with Gasteiger partial charge >= 0.3 is 0 Å². The smallest absolute Gasteiger partial charge is 0.123 e. The molecule has 1 atom stereocenters. The summed E-state index contributed by atoms with van der Waals surface area (Å²) in [6, 6.07) is 6.89. The van der Waals surface area contributed by atoms with Crippen molar-refractivity contribution in [1.82, 2.24) is 4.98 Å². The fourth-order valence-electron chi connectivity index (χ4n) is 1.68. The summed E-state index contributed by atoms with van der Waals surface area (Å²) in [5, 5.41) is 0.579. The molecule has 0 spiro atoms. The van der Waals surface area contributed by atoms with E-state index in [9.17, 15) is 4.21 Å². The van der Waals surface area contributed by atoms with E-state index in [1.54, 1.807) is 37.6 Å². The average molecular weight is 297 g/mol. The molecule has 100 valence electrons. The van der Waals surface area contributed by atoms with Gasteiger partial charge in [0.25, 0.3) is 0 Å². The van der Waals surface area contributed by atoms with Gasteiger partial charge in [-0.1, -0.05) is 11.6 Å². The van der Waals surface area contributed by atoms with Crippen LogP contribution in [0.15, 0.2) is 41.6 Å². The highest BCUT2D eigenvalue weighted by Gasteiger charge is 2.12. The fourth-order valence-corrected chi connectivity index (χ4v) is 3.07. The number of benzene rings is 1. The molecule has 1 aromatic heterocycles. The number of rotatable bonds is 4. The zero-order valence-electron chi connectivity index (χ0n) is 10.3. The number of nitrogens with zero attached hydrogens (tertiary/aromatic N) is 1. The third kappa shape index (κ3) is 3.24. The first kappa shape index (κ1) is 13.8. The van der Waals surface area contributed by atoms with Crippen molar-refractivity contribution in [2.75, 3.05) is 12.8 Å². The van der Waals surface area contributed by atoms with Crippen LogP contribution in [0, 0.1) is 0 Å². The highest BCUT2D eigenvalue weighted by atomic mass is 35.5. The molecular weight excluding hydrogens is 284 g/mol. The number of nitrogen functional groups attached to an aromatic ring is 1. The van der Waals surface area contributed by atoms with Gasteiger partial charge in [0, 0.05) is 16.8 Å². The van der Waals surface area contributed by atoms with Crippen LogP contribution in [0.4, 0.5) is 5.69 Å². The lowest BCUT2D eigenvalue weighted by Gasteiger charge is -2.09. The van der Waals surface area contributed by atoms with Crippen molar-refractivity contribution in [3.8, 4) is 5.75 Å². The number of hydrogen-bond donors (Lipinski definition) is 1. The van der Waals surface area contributed by atoms with E-state index in [1.165, 1.54) is 6.20 Å². The Balaban J connectivity index is 2.29. The van der Waals surface area contributed by atoms with Crippen molar-refractivity contribution in [1.29, 1.82) is 0 Å². The Bertz CT molecular complexity index is 619. The molecule has 0 fully saturated rings. The second-order valence-corrected chi connectivity index (χ2v) is 5.72. The van der Waals surface area contributed by atoms with Crippen molar-refractivity contribution >= 4 is 28.1 Å². The van der Waals surface area contributed by atoms with Crippen molar-refractivity contribution in [2.24, 2.45) is 0 Å². The van der Waals surface area contributed by atoms with Crippen LogP contribution < -0.4 is 10.5 Å². The summed E-state index contributed by atoms with van der Waals surface area (Å²) < 4.78 is 17.5. The van der Waals surface area contributed by atoms with E-state index in [2.05, 4.69) is 4.98 Å². The third-order valence-electron chi connectivity index (χ3n) is 2.58. The molecule has 0 amide bonds. The number of methoxy groups -OCH3 is 1. The van der Waals surface area contributed by atoms with E-state index in [-0.39, 0.29) is 5.75 Å². The molecule has 0 aliphatic rings. The maximum atomic E-state index is 12.3. The quantitative estimate of drug-likeness (QED) is 0.942. The molecule has 0 radical (unpaired) electrons. The molecule has 6 heteroatoms. The highest BCUT2D eigenvalue weighted by Crippen LogP contribution is 2.26. The zero-order chi connectivity index (χ0) is 13.8. The number of hydrogen-bond acceptors (Lipinski definition) is 4. The Labute approximate surface area is 119 Å². The molecule has 2 aromatic rings. The maximum absolute atomic E-state index is 12.3. The summed E-state index contributed by atoms with van der Waals surface area (Å²) in [6.07, 6.45) is 3.06. The first-order chi connectivity index (χ1) is 9.11. The number of halogens is 1. The van der Waals surface area contributed by atoms with Crippen LogP contribution >= 0.6 is 11.6 Å². The second kappa shape index (κ2) is 6.04. The largest absolute Gasteiger partial charge is 0.496 e. The first-order valence-electron chi connectivity index (χ1n) is 5.52. The van der Waals surface area contributed by atoms with Crippen LogP contribution in [0.1, 0.15) is 5.56 Å². The standard InChI is InChI=1S/C13H13ClN2O2S/c1-18-12-3-2-10(14)6-9(12)8-19(17)13-4-5-16-7-11(13)15/h2-7H,8,15H2,1H3. The minimum absolute atomic E-state index is 0.290. The van der Waals surface area contributed by atoms with E-state index >= 15 is 0 Å². The summed E-state index contributed by atoms with van der Waals surface area (Å²) >= 11 is 5.95. The molecule has 1 aromatic carbocycles. The topological polar surface area (TPSA) is 65.2 Å². The van der Waals surface area contributed by atoms with Gasteiger partial charge in [0.2, 0.25) is 0 Å². The monoisotopic (exact) mass is 296 g/mol. The molecule has 1 unspecified atom stereocenters. The van der Waals surface area contributed by atoms with Crippen molar-refractivity contribution < 1.29 is 8.95 Å². The average Bonchev–Trinajstić information content (AvgIpc) is 2.39. The Morgan fingerprint density at radius 2 is 2.21 bits per heavy atom. The lowest BCUT2D eigenvalue weighted by atomic mass is 10.2. The van der Waals surface area contributed by atoms with Gasteiger partial charge in [0.1, 0.15) is 5.75 Å². The lowest BCUT2D eigenvalue weighted by molar-refractivity contribution is 0.411. The Hall–Kier alpha value is -1.59. The van der Waals surface area contributed by atoms with Gasteiger partial charge in [0.15, 0.2) is 0 Å². The van der Waals surface area contributed by atoms with Gasteiger partial charge in [-0.05, 0) is 24.3 Å². The molecule has 0 bridgehead atoms. The third-order valence-corrected chi connectivity index (χ3v) is 4.26. The molecule has 2 rings (SSSR count). The van der Waals surface area contributed by atoms with Crippen LogP contribution in [0.25, 0.3) is 0 Å². The van der Waals surface area contributed by atoms with E-state index in [4.69, 9.17) is 22.1 Å². The predicted octanol–water partition coefficient (Wildman–Crippen LogP) is 2.63. The SMILES string of the molecule is COc1ccc(Cl)cc1CS(=O)c1ccncc1N. The van der Waals surface area contributed by atoms with Crippen molar-refractivity contribution in [3.63, 3.8) is 0 Å². The number of nitrogens with two attached hydrogens (primary N) is 1. The Morgan fingerprint density at radius 1 is 1.42 bits per heavy atom. The predicted molar refractivity (Wildman–Crippen MR) is 76.8 cm³/mol. The normalized spacial score (nSPS) is 12.1. The van der Waals surface area contributed by atoms with E-state index < -0.39 is 10.8 Å². The van der Waals surface area contributed by atoms with Gasteiger partial charge in [-0.25, -0.2) is 0 Å². The number of aromatic nitrogens is 1. The van der Waals surface area contributed by atoms with Crippen molar-refractivity contribution in [3.05, 3.63) is 47.2 Å². The van der Waals surface area contributed by atoms with Crippen LogP contribution in [0.5, 0.6) is 5.75 Å². The van der Waals surface area contributed by atoms with Gasteiger partial charge in [-0.2, -0.15) is 0 Å². The minimum atomic E-state index is -1.27. The zero-order valence-corrected chi connectivity index (χ0v) is 11.9. The lowest BCUT2D eigenvalue weighted by Crippen LogP contribution is -2.02. The Kier molecular flexibility index (Phi) is 4.39. The molecule has 2 N–H and O–H groups in total. The molecular formula is C13H13ClN2O2S. The molecule has 0 saturated heterocycles. The van der Waals surface area contributed by atoms with Crippen LogP contribution in [0.3, 0.4) is 0 Å². The Morgan fingerprint density at radius 3 is 2.89 bits per heavy atom. The molecule has 0 saturated carbocycles. The maximum Gasteiger partial charge on any atom is 0.123 e. The van der Waals surface area contributed by atoms with Crippen LogP contribution in [0.2, 0.25) is 5.02 Å². The highest BCUT2D eigenvalue weighted by molar-refractivity contribution is 7.84. The summed E-state index contributed by atoms with van der Waals surface area (Å²) in [5.41, 5.74) is 6.96.